The third-order valence-corrected chi connectivity index (χ3v) is 6.35. The normalized spacial score (nSPS) is 11.0. The molecule has 2 aromatic carbocycles. The second-order valence-corrected chi connectivity index (χ2v) is 8.80. The summed E-state index contributed by atoms with van der Waals surface area (Å²) in [5.74, 6) is 0.0959. The number of likely N-dealkylation sites (N-methyl/N-ethyl adjacent to an activating group) is 1. The predicted molar refractivity (Wildman–Crippen MR) is 127 cm³/mol. The lowest BCUT2D eigenvalue weighted by molar-refractivity contribution is -0.118. The van der Waals surface area contributed by atoms with E-state index in [2.05, 4.69) is 62.9 Å². The summed E-state index contributed by atoms with van der Waals surface area (Å²) in [6, 6.07) is 10.5. The Labute approximate surface area is 184 Å². The first-order chi connectivity index (χ1) is 13.3. The monoisotopic (exact) mass is 431 g/mol. The number of carbonyl (C=O) groups excluding carboxylic acids is 1. The van der Waals surface area contributed by atoms with Gasteiger partial charge in [0.15, 0.2) is 5.13 Å². The zero-order chi connectivity index (χ0) is 20.4. The van der Waals surface area contributed by atoms with Crippen molar-refractivity contribution in [2.24, 2.45) is 0 Å². The maximum Gasteiger partial charge on any atom is 0.233 e. The number of anilines is 1. The zero-order valence-electron chi connectivity index (χ0n) is 18.1. The molecular formula is C23H30ClN3OS. The maximum atomic E-state index is 13.2. The standard InChI is InChI=1S/C23H29N3OS.ClH/c1-15-7-9-19(13-17(15)3)14-21(27)26(12-11-25(5)6)23-24-22-18(4)16(2)8-10-20(22)28-23;/h7-10,13H,11-12,14H2,1-6H3;1H. The summed E-state index contributed by atoms with van der Waals surface area (Å²) in [5, 5.41) is 0.791. The first kappa shape index (κ1) is 23.3. The highest BCUT2D eigenvalue weighted by molar-refractivity contribution is 7.22. The number of aryl methyl sites for hydroxylation is 4. The number of hydrogen-bond acceptors (Lipinski definition) is 4. The van der Waals surface area contributed by atoms with Crippen molar-refractivity contribution in [1.29, 1.82) is 0 Å². The number of carbonyl (C=O) groups is 1. The number of nitrogens with zero attached hydrogens (tertiary/aromatic N) is 3. The van der Waals surface area contributed by atoms with E-state index in [1.807, 2.05) is 19.0 Å². The van der Waals surface area contributed by atoms with Crippen molar-refractivity contribution >= 4 is 45.0 Å². The Morgan fingerprint density at radius 1 is 0.966 bits per heavy atom. The fourth-order valence-electron chi connectivity index (χ4n) is 3.14. The number of hydrogen-bond donors (Lipinski definition) is 0. The van der Waals surface area contributed by atoms with Crippen LogP contribution in [0.2, 0.25) is 0 Å². The van der Waals surface area contributed by atoms with Crippen LogP contribution < -0.4 is 4.90 Å². The Kier molecular flexibility index (Phi) is 7.80. The van der Waals surface area contributed by atoms with Crippen molar-refractivity contribution in [3.8, 4) is 0 Å². The van der Waals surface area contributed by atoms with Gasteiger partial charge in [-0.25, -0.2) is 4.98 Å². The fraction of sp³-hybridized carbons (Fsp3) is 0.391. The summed E-state index contributed by atoms with van der Waals surface area (Å²) in [6.07, 6.45) is 0.391. The van der Waals surface area contributed by atoms with Gasteiger partial charge in [-0.2, -0.15) is 0 Å². The molecule has 0 aliphatic heterocycles. The summed E-state index contributed by atoms with van der Waals surface area (Å²) in [7, 11) is 4.05. The Morgan fingerprint density at radius 2 is 1.66 bits per heavy atom. The molecule has 0 fully saturated rings. The highest BCUT2D eigenvalue weighted by Gasteiger charge is 2.21. The van der Waals surface area contributed by atoms with Crippen LogP contribution in [0.1, 0.15) is 27.8 Å². The molecule has 0 saturated carbocycles. The van der Waals surface area contributed by atoms with Crippen LogP contribution in [-0.2, 0) is 11.2 Å². The first-order valence-corrected chi connectivity index (χ1v) is 10.5. The van der Waals surface area contributed by atoms with Crippen molar-refractivity contribution in [2.75, 3.05) is 32.1 Å². The van der Waals surface area contributed by atoms with Crippen LogP contribution >= 0.6 is 23.7 Å². The highest BCUT2D eigenvalue weighted by Crippen LogP contribution is 2.32. The lowest BCUT2D eigenvalue weighted by Gasteiger charge is -2.22. The second-order valence-electron chi connectivity index (χ2n) is 7.79. The molecule has 1 aromatic heterocycles. The topological polar surface area (TPSA) is 36.4 Å². The van der Waals surface area contributed by atoms with Crippen molar-refractivity contribution < 1.29 is 4.79 Å². The van der Waals surface area contributed by atoms with Crippen LogP contribution in [0, 0.1) is 27.7 Å². The third-order valence-electron chi connectivity index (χ3n) is 5.30. The first-order valence-electron chi connectivity index (χ1n) is 9.64. The van der Waals surface area contributed by atoms with E-state index in [0.717, 1.165) is 27.5 Å². The minimum absolute atomic E-state index is 0. The van der Waals surface area contributed by atoms with Crippen molar-refractivity contribution in [3.63, 3.8) is 0 Å². The summed E-state index contributed by atoms with van der Waals surface area (Å²) in [5.41, 5.74) is 6.94. The zero-order valence-corrected chi connectivity index (χ0v) is 19.7. The van der Waals surface area contributed by atoms with Gasteiger partial charge in [0, 0.05) is 13.1 Å². The Hall–Kier alpha value is -1.95. The van der Waals surface area contributed by atoms with E-state index < -0.39 is 0 Å². The molecule has 0 atom stereocenters. The molecule has 0 spiro atoms. The molecule has 0 saturated heterocycles. The van der Waals surface area contributed by atoms with E-state index in [9.17, 15) is 4.79 Å². The maximum absolute atomic E-state index is 13.2. The molecule has 0 N–H and O–H groups in total. The van der Waals surface area contributed by atoms with Gasteiger partial charge in [0.1, 0.15) is 0 Å². The van der Waals surface area contributed by atoms with Gasteiger partial charge in [0.25, 0.3) is 0 Å². The van der Waals surface area contributed by atoms with Crippen LogP contribution in [0.4, 0.5) is 5.13 Å². The van der Waals surface area contributed by atoms with E-state index in [0.29, 0.717) is 13.0 Å². The fourth-order valence-corrected chi connectivity index (χ4v) is 4.21. The number of thiazole rings is 1. The third kappa shape index (κ3) is 5.35. The summed E-state index contributed by atoms with van der Waals surface area (Å²) < 4.78 is 1.13. The number of halogens is 1. The Balaban J connectivity index is 0.00000300. The van der Waals surface area contributed by atoms with E-state index in [4.69, 9.17) is 4.98 Å². The van der Waals surface area contributed by atoms with Gasteiger partial charge in [0.05, 0.1) is 16.6 Å². The smallest absolute Gasteiger partial charge is 0.233 e. The number of rotatable bonds is 6. The molecule has 156 valence electrons. The molecule has 3 rings (SSSR count). The summed E-state index contributed by atoms with van der Waals surface area (Å²) in [6.45, 7) is 9.81. The quantitative estimate of drug-likeness (QED) is 0.545. The van der Waals surface area contributed by atoms with Crippen LogP contribution in [-0.4, -0.2) is 43.0 Å². The van der Waals surface area contributed by atoms with E-state index in [-0.39, 0.29) is 18.3 Å². The summed E-state index contributed by atoms with van der Waals surface area (Å²) >= 11 is 1.60. The Bertz CT molecular complexity index is 1010. The summed E-state index contributed by atoms with van der Waals surface area (Å²) in [4.78, 5) is 22.0. The molecule has 29 heavy (non-hydrogen) atoms. The average molecular weight is 432 g/mol. The van der Waals surface area contributed by atoms with Gasteiger partial charge in [-0.3, -0.25) is 9.69 Å². The molecule has 0 aliphatic rings. The molecule has 0 radical (unpaired) electrons. The molecule has 1 amide bonds. The molecule has 0 aliphatic carbocycles. The Morgan fingerprint density at radius 3 is 2.31 bits per heavy atom. The number of benzene rings is 2. The minimum Gasteiger partial charge on any atom is -0.308 e. The van der Waals surface area contributed by atoms with Gasteiger partial charge in [0.2, 0.25) is 5.91 Å². The number of aromatic nitrogens is 1. The lowest BCUT2D eigenvalue weighted by Crippen LogP contribution is -2.37. The van der Waals surface area contributed by atoms with Gasteiger partial charge < -0.3 is 4.90 Å². The average Bonchev–Trinajstić information content (AvgIpc) is 3.06. The predicted octanol–water partition coefficient (Wildman–Crippen LogP) is 5.09. The van der Waals surface area contributed by atoms with Gasteiger partial charge >= 0.3 is 0 Å². The van der Waals surface area contributed by atoms with Gasteiger partial charge in [-0.1, -0.05) is 35.6 Å². The SMILES string of the molecule is Cc1ccc(CC(=O)N(CCN(C)C)c2nc3c(C)c(C)ccc3s2)cc1C.Cl. The second kappa shape index (κ2) is 9.70. The van der Waals surface area contributed by atoms with Gasteiger partial charge in [-0.05, 0) is 75.7 Å². The highest BCUT2D eigenvalue weighted by atomic mass is 35.5. The van der Waals surface area contributed by atoms with E-state index in [1.54, 1.807) is 11.3 Å². The van der Waals surface area contributed by atoms with Crippen molar-refractivity contribution in [3.05, 3.63) is 58.1 Å². The van der Waals surface area contributed by atoms with Crippen molar-refractivity contribution in [1.82, 2.24) is 9.88 Å². The van der Waals surface area contributed by atoms with Crippen LogP contribution in [0.25, 0.3) is 10.2 Å². The minimum atomic E-state index is 0. The molecule has 3 aromatic rings. The van der Waals surface area contributed by atoms with Crippen LogP contribution in [0.5, 0.6) is 0 Å². The van der Waals surface area contributed by atoms with Crippen LogP contribution in [0.3, 0.4) is 0 Å². The largest absolute Gasteiger partial charge is 0.308 e. The van der Waals surface area contributed by atoms with E-state index >= 15 is 0 Å². The van der Waals surface area contributed by atoms with E-state index in [1.165, 1.54) is 22.3 Å². The van der Waals surface area contributed by atoms with Crippen molar-refractivity contribution in [2.45, 2.75) is 34.1 Å². The molecule has 6 heteroatoms. The molecule has 4 nitrogen and oxygen atoms in total. The molecule has 1 heterocycles. The van der Waals surface area contributed by atoms with Gasteiger partial charge in [-0.15, -0.1) is 12.4 Å². The lowest BCUT2D eigenvalue weighted by atomic mass is 10.0. The molecular weight excluding hydrogens is 402 g/mol. The number of fused-ring (bicyclic) bond motifs is 1. The molecule has 0 unspecified atom stereocenters. The van der Waals surface area contributed by atoms with Crippen LogP contribution in [0.15, 0.2) is 30.3 Å². The molecule has 0 bridgehead atoms. The number of amides is 1.